The zero-order chi connectivity index (χ0) is 15.7. The summed E-state index contributed by atoms with van der Waals surface area (Å²) in [4.78, 5) is 2.88. The molecule has 0 fully saturated rings. The quantitative estimate of drug-likeness (QED) is 0.611. The Balaban J connectivity index is 2.03. The number of benzene rings is 2. The Hall–Kier alpha value is -2.69. The highest BCUT2D eigenvalue weighted by atomic mass is 19.1. The van der Waals surface area contributed by atoms with Gasteiger partial charge < -0.3 is 10.1 Å². The lowest BCUT2D eigenvalue weighted by Gasteiger charge is -2.04. The maximum Gasteiger partial charge on any atom is 0.218 e. The number of hydrogen-bond donors (Lipinski definition) is 2. The SMILES string of the molecule is CC(C)c1ccc2[nH]c(O)c(N=Nc3ccc(F)cc3)c2c1. The van der Waals surface area contributed by atoms with Crippen LogP contribution in [0.15, 0.2) is 52.7 Å². The summed E-state index contributed by atoms with van der Waals surface area (Å²) in [5.74, 6) is 0.0283. The van der Waals surface area contributed by atoms with Gasteiger partial charge in [0.05, 0.1) is 11.2 Å². The number of fused-ring (bicyclic) bond motifs is 1. The minimum absolute atomic E-state index is 0.0261. The standard InChI is InChI=1S/C17H16FN3O/c1-10(2)11-3-8-15-14(9-11)16(17(22)19-15)21-20-13-6-4-12(18)5-7-13/h3-10,19,22H,1-2H3. The number of aromatic nitrogens is 1. The van der Waals surface area contributed by atoms with Crippen molar-refractivity contribution in [2.24, 2.45) is 10.2 Å². The maximum absolute atomic E-state index is 12.9. The first-order chi connectivity index (χ1) is 10.5. The first-order valence-electron chi connectivity index (χ1n) is 7.06. The zero-order valence-electron chi connectivity index (χ0n) is 12.3. The lowest BCUT2D eigenvalue weighted by Crippen LogP contribution is -1.85. The molecule has 0 saturated carbocycles. The van der Waals surface area contributed by atoms with E-state index in [0.29, 0.717) is 17.3 Å². The number of aromatic amines is 1. The maximum atomic E-state index is 12.9. The first-order valence-corrected chi connectivity index (χ1v) is 7.06. The normalized spacial score (nSPS) is 11.8. The predicted octanol–water partition coefficient (Wildman–Crippen LogP) is 5.55. The van der Waals surface area contributed by atoms with Crippen molar-refractivity contribution < 1.29 is 9.50 Å². The van der Waals surface area contributed by atoms with Crippen LogP contribution in [0, 0.1) is 5.82 Å². The Morgan fingerprint density at radius 2 is 1.77 bits per heavy atom. The number of aromatic hydroxyl groups is 1. The van der Waals surface area contributed by atoms with Gasteiger partial charge in [-0.1, -0.05) is 19.9 Å². The molecule has 0 radical (unpaired) electrons. The van der Waals surface area contributed by atoms with Crippen LogP contribution in [0.3, 0.4) is 0 Å². The molecule has 112 valence electrons. The molecule has 0 atom stereocenters. The second-order valence-corrected chi connectivity index (χ2v) is 5.46. The van der Waals surface area contributed by atoms with Crippen molar-refractivity contribution >= 4 is 22.3 Å². The van der Waals surface area contributed by atoms with Crippen molar-refractivity contribution in [3.63, 3.8) is 0 Å². The molecule has 0 aliphatic heterocycles. The number of azo groups is 1. The summed E-state index contributed by atoms with van der Waals surface area (Å²) in [7, 11) is 0. The van der Waals surface area contributed by atoms with Crippen LogP contribution in [0.2, 0.25) is 0 Å². The Bertz CT molecular complexity index is 835. The molecule has 5 heteroatoms. The van der Waals surface area contributed by atoms with Crippen LogP contribution in [0.5, 0.6) is 5.88 Å². The minimum Gasteiger partial charge on any atom is -0.493 e. The highest BCUT2D eigenvalue weighted by Crippen LogP contribution is 2.37. The Morgan fingerprint density at radius 1 is 1.05 bits per heavy atom. The molecule has 0 aliphatic rings. The molecule has 0 aliphatic carbocycles. The Labute approximate surface area is 127 Å². The Morgan fingerprint density at radius 3 is 2.45 bits per heavy atom. The highest BCUT2D eigenvalue weighted by molar-refractivity contribution is 5.94. The van der Waals surface area contributed by atoms with Gasteiger partial charge in [-0.3, -0.25) is 0 Å². The lowest BCUT2D eigenvalue weighted by atomic mass is 10.0. The van der Waals surface area contributed by atoms with Crippen LogP contribution in [0.1, 0.15) is 25.3 Å². The van der Waals surface area contributed by atoms with Crippen LogP contribution in [-0.2, 0) is 0 Å². The van der Waals surface area contributed by atoms with E-state index in [1.165, 1.54) is 24.3 Å². The molecule has 2 aromatic carbocycles. The van der Waals surface area contributed by atoms with E-state index in [0.717, 1.165) is 16.5 Å². The van der Waals surface area contributed by atoms with Crippen LogP contribution in [0.25, 0.3) is 10.9 Å². The third kappa shape index (κ3) is 2.70. The number of nitrogens with zero attached hydrogens (tertiary/aromatic N) is 2. The van der Waals surface area contributed by atoms with Crippen molar-refractivity contribution in [1.29, 1.82) is 0 Å². The van der Waals surface area contributed by atoms with E-state index in [-0.39, 0.29) is 11.7 Å². The minimum atomic E-state index is -0.324. The molecule has 0 unspecified atom stereocenters. The van der Waals surface area contributed by atoms with Crippen molar-refractivity contribution in [3.8, 4) is 5.88 Å². The Kier molecular flexibility index (Phi) is 3.63. The van der Waals surface area contributed by atoms with Crippen LogP contribution in [-0.4, -0.2) is 10.1 Å². The second kappa shape index (κ2) is 5.60. The van der Waals surface area contributed by atoms with E-state index < -0.39 is 0 Å². The van der Waals surface area contributed by atoms with E-state index >= 15 is 0 Å². The fraction of sp³-hybridized carbons (Fsp3) is 0.176. The summed E-state index contributed by atoms with van der Waals surface area (Å²) in [5.41, 5.74) is 2.87. The van der Waals surface area contributed by atoms with Gasteiger partial charge in [0, 0.05) is 5.39 Å². The van der Waals surface area contributed by atoms with Gasteiger partial charge in [-0.2, -0.15) is 5.11 Å². The van der Waals surface area contributed by atoms with Gasteiger partial charge in [-0.25, -0.2) is 4.39 Å². The number of halogens is 1. The number of H-pyrrole nitrogens is 1. The van der Waals surface area contributed by atoms with Gasteiger partial charge in [-0.15, -0.1) is 5.11 Å². The molecule has 2 N–H and O–H groups in total. The van der Waals surface area contributed by atoms with Crippen LogP contribution < -0.4 is 0 Å². The van der Waals surface area contributed by atoms with Gasteiger partial charge in [0.2, 0.25) is 5.88 Å². The topological polar surface area (TPSA) is 60.7 Å². The van der Waals surface area contributed by atoms with Crippen molar-refractivity contribution in [2.75, 3.05) is 0 Å². The van der Waals surface area contributed by atoms with E-state index in [9.17, 15) is 9.50 Å². The average Bonchev–Trinajstić information content (AvgIpc) is 2.81. The molecule has 3 rings (SSSR count). The summed E-state index contributed by atoms with van der Waals surface area (Å²) in [5, 5.41) is 19.0. The summed E-state index contributed by atoms with van der Waals surface area (Å²) >= 11 is 0. The summed E-state index contributed by atoms with van der Waals surface area (Å²) in [6.45, 7) is 4.21. The van der Waals surface area contributed by atoms with Crippen molar-refractivity contribution in [2.45, 2.75) is 19.8 Å². The summed E-state index contributed by atoms with van der Waals surface area (Å²) < 4.78 is 12.9. The fourth-order valence-electron chi connectivity index (χ4n) is 2.26. The van der Waals surface area contributed by atoms with E-state index in [4.69, 9.17) is 0 Å². The monoisotopic (exact) mass is 297 g/mol. The molecular weight excluding hydrogens is 281 g/mol. The molecule has 0 saturated heterocycles. The van der Waals surface area contributed by atoms with Gasteiger partial charge in [-0.05, 0) is 47.9 Å². The van der Waals surface area contributed by atoms with Gasteiger partial charge in [0.25, 0.3) is 0 Å². The summed E-state index contributed by atoms with van der Waals surface area (Å²) in [6.07, 6.45) is 0. The largest absolute Gasteiger partial charge is 0.493 e. The molecule has 0 amide bonds. The lowest BCUT2D eigenvalue weighted by molar-refractivity contribution is 0.459. The third-order valence-corrected chi connectivity index (χ3v) is 3.53. The molecule has 22 heavy (non-hydrogen) atoms. The fourth-order valence-corrected chi connectivity index (χ4v) is 2.26. The van der Waals surface area contributed by atoms with E-state index in [1.54, 1.807) is 0 Å². The van der Waals surface area contributed by atoms with E-state index in [1.807, 2.05) is 18.2 Å². The van der Waals surface area contributed by atoms with Gasteiger partial charge in [0.1, 0.15) is 5.82 Å². The van der Waals surface area contributed by atoms with Crippen molar-refractivity contribution in [1.82, 2.24) is 4.98 Å². The second-order valence-electron chi connectivity index (χ2n) is 5.46. The van der Waals surface area contributed by atoms with Gasteiger partial charge in [0.15, 0.2) is 5.69 Å². The molecule has 0 bridgehead atoms. The molecule has 1 aromatic heterocycles. The first kappa shape index (κ1) is 14.3. The number of rotatable bonds is 3. The zero-order valence-corrected chi connectivity index (χ0v) is 12.3. The highest BCUT2D eigenvalue weighted by Gasteiger charge is 2.12. The smallest absolute Gasteiger partial charge is 0.218 e. The molecule has 1 heterocycles. The van der Waals surface area contributed by atoms with Crippen molar-refractivity contribution in [3.05, 3.63) is 53.8 Å². The predicted molar refractivity (Wildman–Crippen MR) is 84.6 cm³/mol. The molecular formula is C17H16FN3O. The molecule has 4 nitrogen and oxygen atoms in total. The average molecular weight is 297 g/mol. The van der Waals surface area contributed by atoms with E-state index in [2.05, 4.69) is 29.1 Å². The molecule has 3 aromatic rings. The number of nitrogens with one attached hydrogen (secondary N) is 1. The summed E-state index contributed by atoms with van der Waals surface area (Å²) in [6, 6.07) is 11.6. The third-order valence-electron chi connectivity index (χ3n) is 3.53. The number of hydrogen-bond acceptors (Lipinski definition) is 3. The van der Waals surface area contributed by atoms with Crippen LogP contribution in [0.4, 0.5) is 15.8 Å². The van der Waals surface area contributed by atoms with Crippen LogP contribution >= 0.6 is 0 Å². The van der Waals surface area contributed by atoms with Gasteiger partial charge >= 0.3 is 0 Å². The molecule has 0 spiro atoms.